The van der Waals surface area contributed by atoms with Crippen LogP contribution in [0.3, 0.4) is 0 Å². The summed E-state index contributed by atoms with van der Waals surface area (Å²) in [6, 6.07) is 4.90. The highest BCUT2D eigenvalue weighted by Gasteiger charge is 2.11. The molecule has 0 atom stereocenters. The second kappa shape index (κ2) is 3.71. The molecule has 0 radical (unpaired) electrons. The van der Waals surface area contributed by atoms with E-state index in [2.05, 4.69) is 15.2 Å². The van der Waals surface area contributed by atoms with Crippen LogP contribution in [0, 0.1) is 0 Å². The molecule has 0 bridgehead atoms. The van der Waals surface area contributed by atoms with E-state index >= 15 is 0 Å². The predicted molar refractivity (Wildman–Crippen MR) is 62.9 cm³/mol. The summed E-state index contributed by atoms with van der Waals surface area (Å²) in [7, 11) is 0. The Kier molecular flexibility index (Phi) is 2.19. The number of H-pyrrole nitrogens is 1. The molecule has 17 heavy (non-hydrogen) atoms. The molecule has 0 fully saturated rings. The van der Waals surface area contributed by atoms with Crippen molar-refractivity contribution in [3.63, 3.8) is 0 Å². The van der Waals surface area contributed by atoms with Crippen LogP contribution >= 0.6 is 11.6 Å². The van der Waals surface area contributed by atoms with Crippen LogP contribution in [-0.2, 0) is 0 Å². The lowest BCUT2D eigenvalue weighted by molar-refractivity contribution is 0.604. The van der Waals surface area contributed by atoms with E-state index in [-0.39, 0.29) is 5.43 Å². The van der Waals surface area contributed by atoms with Crippen LogP contribution in [0.2, 0.25) is 5.02 Å². The average Bonchev–Trinajstić information content (AvgIpc) is 2.84. The lowest BCUT2D eigenvalue weighted by Crippen LogP contribution is -2.05. The summed E-state index contributed by atoms with van der Waals surface area (Å²) in [5.41, 5.74) is 0.630. The molecule has 0 unspecified atom stereocenters. The van der Waals surface area contributed by atoms with Gasteiger partial charge in [-0.05, 0) is 18.2 Å². The first-order valence-electron chi connectivity index (χ1n) is 4.82. The summed E-state index contributed by atoms with van der Waals surface area (Å²) < 4.78 is 5.36. The van der Waals surface area contributed by atoms with Crippen molar-refractivity contribution in [2.45, 2.75) is 0 Å². The van der Waals surface area contributed by atoms with Crippen molar-refractivity contribution >= 4 is 22.6 Å². The Morgan fingerprint density at radius 2 is 2.24 bits per heavy atom. The fraction of sp³-hybridized carbons (Fsp3) is 0. The molecule has 3 rings (SSSR count). The highest BCUT2D eigenvalue weighted by molar-refractivity contribution is 6.31. The summed E-state index contributed by atoms with van der Waals surface area (Å²) in [6.45, 7) is 0. The average molecular weight is 248 g/mol. The second-order valence-corrected chi connectivity index (χ2v) is 3.89. The van der Waals surface area contributed by atoms with E-state index in [0.717, 1.165) is 0 Å². The SMILES string of the molecule is O=c1c(-c2ncn[nH]2)coc2ccc(Cl)cc12. The van der Waals surface area contributed by atoms with Gasteiger partial charge in [0.25, 0.3) is 0 Å². The molecule has 3 aromatic rings. The smallest absolute Gasteiger partial charge is 0.203 e. The van der Waals surface area contributed by atoms with Crippen molar-refractivity contribution in [1.29, 1.82) is 0 Å². The van der Waals surface area contributed by atoms with Gasteiger partial charge in [-0.3, -0.25) is 9.89 Å². The third-order valence-electron chi connectivity index (χ3n) is 2.40. The quantitative estimate of drug-likeness (QED) is 0.716. The fourth-order valence-corrected chi connectivity index (χ4v) is 1.77. The van der Waals surface area contributed by atoms with Crippen LogP contribution in [0.25, 0.3) is 22.4 Å². The molecule has 84 valence electrons. The van der Waals surface area contributed by atoms with E-state index in [9.17, 15) is 4.79 Å². The Bertz CT molecular complexity index is 734. The molecule has 1 aromatic carbocycles. The molecule has 2 heterocycles. The molecule has 0 saturated carbocycles. The monoisotopic (exact) mass is 247 g/mol. The molecule has 2 aromatic heterocycles. The van der Waals surface area contributed by atoms with Gasteiger partial charge in [0, 0.05) is 5.02 Å². The minimum atomic E-state index is -0.189. The van der Waals surface area contributed by atoms with E-state index in [1.807, 2.05) is 0 Å². The zero-order valence-corrected chi connectivity index (χ0v) is 9.23. The van der Waals surface area contributed by atoms with Crippen LogP contribution in [-0.4, -0.2) is 15.2 Å². The van der Waals surface area contributed by atoms with Gasteiger partial charge < -0.3 is 4.42 Å². The molecular formula is C11H6ClN3O2. The van der Waals surface area contributed by atoms with Crippen molar-refractivity contribution in [3.05, 3.63) is 46.0 Å². The van der Waals surface area contributed by atoms with E-state index in [1.54, 1.807) is 18.2 Å². The standard InChI is InChI=1S/C11H6ClN3O2/c12-6-1-2-9-7(3-6)10(16)8(4-17-9)11-13-5-14-15-11/h1-5H,(H,13,14,15). The van der Waals surface area contributed by atoms with Gasteiger partial charge >= 0.3 is 0 Å². The number of hydrogen-bond donors (Lipinski definition) is 1. The summed E-state index contributed by atoms with van der Waals surface area (Å²) in [6.07, 6.45) is 2.69. The second-order valence-electron chi connectivity index (χ2n) is 3.45. The normalized spacial score (nSPS) is 10.9. The third kappa shape index (κ3) is 1.60. The maximum Gasteiger partial charge on any atom is 0.203 e. The van der Waals surface area contributed by atoms with Crippen molar-refractivity contribution < 1.29 is 4.42 Å². The number of halogens is 1. The van der Waals surface area contributed by atoms with E-state index in [1.165, 1.54) is 12.6 Å². The first kappa shape index (κ1) is 10.0. The fourth-order valence-electron chi connectivity index (χ4n) is 1.60. The van der Waals surface area contributed by atoms with Gasteiger partial charge in [-0.15, -0.1) is 0 Å². The van der Waals surface area contributed by atoms with Gasteiger partial charge in [0.2, 0.25) is 5.43 Å². The van der Waals surface area contributed by atoms with Gasteiger partial charge in [0.15, 0.2) is 5.82 Å². The number of fused-ring (bicyclic) bond motifs is 1. The first-order valence-corrected chi connectivity index (χ1v) is 5.20. The minimum Gasteiger partial charge on any atom is -0.463 e. The molecule has 0 aliphatic carbocycles. The van der Waals surface area contributed by atoms with Gasteiger partial charge in [-0.2, -0.15) is 5.10 Å². The van der Waals surface area contributed by atoms with Crippen molar-refractivity contribution in [2.24, 2.45) is 0 Å². The molecule has 1 N–H and O–H groups in total. The largest absolute Gasteiger partial charge is 0.463 e. The first-order chi connectivity index (χ1) is 8.25. The zero-order valence-electron chi connectivity index (χ0n) is 8.48. The Morgan fingerprint density at radius 3 is 3.00 bits per heavy atom. The molecule has 0 aliphatic rings. The molecule has 5 nitrogen and oxygen atoms in total. The third-order valence-corrected chi connectivity index (χ3v) is 2.64. The van der Waals surface area contributed by atoms with Crippen molar-refractivity contribution in [2.75, 3.05) is 0 Å². The number of rotatable bonds is 1. The lowest BCUT2D eigenvalue weighted by atomic mass is 10.1. The molecule has 0 amide bonds. The number of benzene rings is 1. The maximum atomic E-state index is 12.2. The van der Waals surface area contributed by atoms with Crippen LogP contribution in [0.4, 0.5) is 0 Å². The topological polar surface area (TPSA) is 71.8 Å². The van der Waals surface area contributed by atoms with Gasteiger partial charge in [0.05, 0.1) is 5.39 Å². The van der Waals surface area contributed by atoms with Gasteiger partial charge in [-0.1, -0.05) is 11.6 Å². The van der Waals surface area contributed by atoms with E-state index in [4.69, 9.17) is 16.0 Å². The van der Waals surface area contributed by atoms with Gasteiger partial charge in [0.1, 0.15) is 23.7 Å². The van der Waals surface area contributed by atoms with Crippen molar-refractivity contribution in [3.8, 4) is 11.4 Å². The highest BCUT2D eigenvalue weighted by atomic mass is 35.5. The Balaban J connectivity index is 2.36. The molecule has 0 saturated heterocycles. The minimum absolute atomic E-state index is 0.189. The lowest BCUT2D eigenvalue weighted by Gasteiger charge is -1.99. The molecular weight excluding hydrogens is 242 g/mol. The van der Waals surface area contributed by atoms with E-state index in [0.29, 0.717) is 27.4 Å². The van der Waals surface area contributed by atoms with Crippen molar-refractivity contribution in [1.82, 2.24) is 15.2 Å². The van der Waals surface area contributed by atoms with Crippen LogP contribution < -0.4 is 5.43 Å². The Hall–Kier alpha value is -2.14. The number of aromatic amines is 1. The molecule has 0 spiro atoms. The summed E-state index contributed by atoms with van der Waals surface area (Å²) in [4.78, 5) is 16.1. The Morgan fingerprint density at radius 1 is 1.35 bits per heavy atom. The maximum absolute atomic E-state index is 12.2. The number of nitrogens with one attached hydrogen (secondary N) is 1. The van der Waals surface area contributed by atoms with E-state index < -0.39 is 0 Å². The zero-order chi connectivity index (χ0) is 11.8. The number of aromatic nitrogens is 3. The summed E-state index contributed by atoms with van der Waals surface area (Å²) in [5, 5.41) is 7.22. The summed E-state index contributed by atoms with van der Waals surface area (Å²) >= 11 is 5.85. The van der Waals surface area contributed by atoms with Crippen LogP contribution in [0.5, 0.6) is 0 Å². The van der Waals surface area contributed by atoms with Gasteiger partial charge in [-0.25, -0.2) is 4.98 Å². The van der Waals surface area contributed by atoms with Crippen LogP contribution in [0.1, 0.15) is 0 Å². The van der Waals surface area contributed by atoms with Crippen LogP contribution in [0.15, 0.2) is 40.0 Å². The summed E-state index contributed by atoms with van der Waals surface area (Å²) in [5.74, 6) is 0.376. The molecule has 0 aliphatic heterocycles. The number of nitrogens with zero attached hydrogens (tertiary/aromatic N) is 2. The predicted octanol–water partition coefficient (Wildman–Crippen LogP) is 2.23. The Labute approximate surface area is 100 Å². The highest BCUT2D eigenvalue weighted by Crippen LogP contribution is 2.19. The molecule has 6 heteroatoms. The number of hydrogen-bond acceptors (Lipinski definition) is 4.